The molecule has 0 fully saturated rings. The van der Waals surface area contributed by atoms with Gasteiger partial charge in [0.05, 0.1) is 15.6 Å². The zero-order valence-corrected chi connectivity index (χ0v) is 14.1. The Kier molecular flexibility index (Phi) is 4.49. The van der Waals surface area contributed by atoms with Crippen molar-refractivity contribution >= 4 is 45.3 Å². The molecule has 0 aliphatic rings. The molecule has 0 aliphatic heterocycles. The van der Waals surface area contributed by atoms with E-state index in [1.165, 1.54) is 25.2 Å². The van der Waals surface area contributed by atoms with Crippen molar-refractivity contribution < 1.29 is 19.8 Å². The number of hydrogen-bond acceptors (Lipinski definition) is 5. The maximum absolute atomic E-state index is 11.8. The lowest BCUT2D eigenvalue weighted by Gasteiger charge is -2.38. The number of rotatable bonds is 6. The minimum atomic E-state index is -1.51. The fourth-order valence-electron chi connectivity index (χ4n) is 2.15. The molecule has 22 heavy (non-hydrogen) atoms. The number of carbonyl (C=O) groups is 2. The summed E-state index contributed by atoms with van der Waals surface area (Å²) in [5.41, 5.74) is -0.613. The summed E-state index contributed by atoms with van der Waals surface area (Å²) in [6.07, 6.45) is 0.211. The molecule has 0 saturated carbocycles. The summed E-state index contributed by atoms with van der Waals surface area (Å²) < 4.78 is -0.000135. The fourth-order valence-corrected chi connectivity index (χ4v) is 4.82. The molecule has 1 aromatic carbocycles. The molecular weight excluding hydrogens is 322 g/mol. The molecule has 2 N–H and O–H groups in total. The molecule has 0 bridgehead atoms. The standard InChI is InChI=1S/C15H17NO4S2/c1-4-14(2,11(17)18)15(3,12(19)20)22-13-16-9-7-5-6-8-10(9)21-13/h5-8H,4H2,1-3H3,(H,17,18)(H,19,20). The molecule has 7 heteroatoms. The molecule has 0 saturated heterocycles. The van der Waals surface area contributed by atoms with Crippen molar-refractivity contribution in [2.45, 2.75) is 36.3 Å². The number of aromatic nitrogens is 1. The van der Waals surface area contributed by atoms with Gasteiger partial charge in [-0.3, -0.25) is 9.59 Å². The number of aliphatic carboxylic acids is 2. The Morgan fingerprint density at radius 2 is 1.86 bits per heavy atom. The molecule has 0 radical (unpaired) electrons. The minimum absolute atomic E-state index is 0.211. The van der Waals surface area contributed by atoms with E-state index in [-0.39, 0.29) is 6.42 Å². The van der Waals surface area contributed by atoms with Crippen molar-refractivity contribution in [3.63, 3.8) is 0 Å². The van der Waals surface area contributed by atoms with Crippen LogP contribution in [0, 0.1) is 5.41 Å². The smallest absolute Gasteiger partial charge is 0.321 e. The van der Waals surface area contributed by atoms with Gasteiger partial charge in [-0.05, 0) is 32.4 Å². The maximum Gasteiger partial charge on any atom is 0.321 e. The summed E-state index contributed by atoms with van der Waals surface area (Å²) >= 11 is 2.39. The Labute approximate surface area is 136 Å². The van der Waals surface area contributed by atoms with Crippen molar-refractivity contribution in [3.8, 4) is 0 Å². The summed E-state index contributed by atoms with van der Waals surface area (Å²) in [6, 6.07) is 7.51. The number of para-hydroxylation sites is 1. The quantitative estimate of drug-likeness (QED) is 0.780. The van der Waals surface area contributed by atoms with Crippen molar-refractivity contribution in [3.05, 3.63) is 24.3 Å². The van der Waals surface area contributed by atoms with Crippen LogP contribution in [0.5, 0.6) is 0 Å². The van der Waals surface area contributed by atoms with Gasteiger partial charge in [0.25, 0.3) is 0 Å². The van der Waals surface area contributed by atoms with E-state index < -0.39 is 22.1 Å². The average Bonchev–Trinajstić information content (AvgIpc) is 2.87. The predicted molar refractivity (Wildman–Crippen MR) is 87.6 cm³/mol. The summed E-state index contributed by atoms with van der Waals surface area (Å²) in [7, 11) is 0. The monoisotopic (exact) mass is 339 g/mol. The Hall–Kier alpha value is -1.60. The Balaban J connectivity index is 2.48. The molecular formula is C15H17NO4S2. The topological polar surface area (TPSA) is 87.5 Å². The van der Waals surface area contributed by atoms with Crippen LogP contribution in [-0.2, 0) is 9.59 Å². The van der Waals surface area contributed by atoms with E-state index >= 15 is 0 Å². The van der Waals surface area contributed by atoms with Crippen LogP contribution in [0.3, 0.4) is 0 Å². The number of carboxylic acids is 2. The minimum Gasteiger partial charge on any atom is -0.481 e. The molecule has 2 unspecified atom stereocenters. The number of fused-ring (bicyclic) bond motifs is 1. The Morgan fingerprint density at radius 1 is 1.23 bits per heavy atom. The van der Waals surface area contributed by atoms with Gasteiger partial charge in [0.2, 0.25) is 0 Å². The maximum atomic E-state index is 11.8. The molecule has 2 rings (SSSR count). The van der Waals surface area contributed by atoms with Crippen LogP contribution < -0.4 is 0 Å². The van der Waals surface area contributed by atoms with Gasteiger partial charge >= 0.3 is 11.9 Å². The van der Waals surface area contributed by atoms with E-state index in [1.807, 2.05) is 24.3 Å². The van der Waals surface area contributed by atoms with Gasteiger partial charge in [0, 0.05) is 0 Å². The Bertz CT molecular complexity index is 696. The molecule has 118 valence electrons. The Morgan fingerprint density at radius 3 is 2.36 bits per heavy atom. The van der Waals surface area contributed by atoms with Crippen LogP contribution in [0.1, 0.15) is 27.2 Å². The van der Waals surface area contributed by atoms with Gasteiger partial charge in [-0.15, -0.1) is 11.3 Å². The first-order valence-electron chi connectivity index (χ1n) is 6.76. The molecule has 0 spiro atoms. The van der Waals surface area contributed by atoms with E-state index in [2.05, 4.69) is 4.98 Å². The van der Waals surface area contributed by atoms with Gasteiger partial charge in [-0.2, -0.15) is 0 Å². The highest BCUT2D eigenvalue weighted by atomic mass is 32.2. The first-order chi connectivity index (χ1) is 10.2. The molecule has 1 aromatic heterocycles. The molecule has 2 aromatic rings. The molecule has 1 heterocycles. The average molecular weight is 339 g/mol. The van der Waals surface area contributed by atoms with Crippen LogP contribution in [0.4, 0.5) is 0 Å². The third-order valence-electron chi connectivity index (χ3n) is 4.21. The second kappa shape index (κ2) is 5.89. The van der Waals surface area contributed by atoms with E-state index in [4.69, 9.17) is 0 Å². The first-order valence-corrected chi connectivity index (χ1v) is 8.39. The van der Waals surface area contributed by atoms with Gasteiger partial charge in [0.15, 0.2) is 4.34 Å². The second-order valence-electron chi connectivity index (χ2n) is 5.38. The zero-order chi connectivity index (χ0) is 16.5. The lowest BCUT2D eigenvalue weighted by atomic mass is 9.75. The molecule has 5 nitrogen and oxygen atoms in total. The van der Waals surface area contributed by atoms with E-state index in [1.54, 1.807) is 6.92 Å². The lowest BCUT2D eigenvalue weighted by molar-refractivity contribution is -0.158. The van der Waals surface area contributed by atoms with E-state index in [0.717, 1.165) is 22.0 Å². The lowest BCUT2D eigenvalue weighted by Crippen LogP contribution is -2.52. The highest BCUT2D eigenvalue weighted by Gasteiger charge is 2.56. The van der Waals surface area contributed by atoms with E-state index in [9.17, 15) is 19.8 Å². The number of nitrogens with zero attached hydrogens (tertiary/aromatic N) is 1. The third-order valence-corrected chi connectivity index (χ3v) is 6.84. The molecule has 0 amide bonds. The summed E-state index contributed by atoms with van der Waals surface area (Å²) in [4.78, 5) is 27.9. The van der Waals surface area contributed by atoms with Gasteiger partial charge < -0.3 is 10.2 Å². The normalized spacial score (nSPS) is 16.9. The highest BCUT2D eigenvalue weighted by molar-refractivity contribution is 8.03. The van der Waals surface area contributed by atoms with Crippen LogP contribution >= 0.6 is 23.1 Å². The second-order valence-corrected chi connectivity index (χ2v) is 8.08. The van der Waals surface area contributed by atoms with Crippen molar-refractivity contribution in [1.29, 1.82) is 0 Å². The SMILES string of the molecule is CCC(C)(C(=O)O)C(C)(Sc1nc2ccccc2s1)C(=O)O. The summed E-state index contributed by atoms with van der Waals surface area (Å²) in [6.45, 7) is 4.63. The highest BCUT2D eigenvalue weighted by Crippen LogP contribution is 2.49. The number of hydrogen-bond donors (Lipinski definition) is 2. The van der Waals surface area contributed by atoms with E-state index in [0.29, 0.717) is 4.34 Å². The number of benzene rings is 1. The van der Waals surface area contributed by atoms with Gasteiger partial charge in [0.1, 0.15) is 4.75 Å². The van der Waals surface area contributed by atoms with Crippen molar-refractivity contribution in [1.82, 2.24) is 4.98 Å². The van der Waals surface area contributed by atoms with Crippen LogP contribution in [0.25, 0.3) is 10.2 Å². The van der Waals surface area contributed by atoms with Crippen LogP contribution in [-0.4, -0.2) is 31.9 Å². The molecule has 0 aliphatic carbocycles. The largest absolute Gasteiger partial charge is 0.481 e. The summed E-state index contributed by atoms with van der Waals surface area (Å²) in [5, 5.41) is 19.2. The van der Waals surface area contributed by atoms with Crippen molar-refractivity contribution in [2.24, 2.45) is 5.41 Å². The third kappa shape index (κ3) is 2.59. The van der Waals surface area contributed by atoms with Gasteiger partial charge in [-0.25, -0.2) is 4.98 Å². The fraction of sp³-hybridized carbons (Fsp3) is 0.400. The number of thiazole rings is 1. The number of carboxylic acid groups (broad SMARTS) is 2. The van der Waals surface area contributed by atoms with Gasteiger partial charge in [-0.1, -0.05) is 30.8 Å². The van der Waals surface area contributed by atoms with Crippen LogP contribution in [0.15, 0.2) is 28.6 Å². The predicted octanol–water partition coefficient (Wildman–Crippen LogP) is 3.73. The van der Waals surface area contributed by atoms with Crippen molar-refractivity contribution in [2.75, 3.05) is 0 Å². The zero-order valence-electron chi connectivity index (χ0n) is 12.5. The number of thioether (sulfide) groups is 1. The first kappa shape index (κ1) is 16.8. The molecule has 2 atom stereocenters. The van der Waals surface area contributed by atoms with Crippen LogP contribution in [0.2, 0.25) is 0 Å². The summed E-state index contributed by atoms with van der Waals surface area (Å²) in [5.74, 6) is -2.27.